The molecule has 80 heavy (non-hydrogen) atoms. The van der Waals surface area contributed by atoms with Gasteiger partial charge in [0.15, 0.2) is 0 Å². The number of pyridine rings is 1. The maximum absolute atomic E-state index is 6.85. The summed E-state index contributed by atoms with van der Waals surface area (Å²) in [5.74, 6) is 5.09. The van der Waals surface area contributed by atoms with Gasteiger partial charge in [0.2, 0.25) is 0 Å². The van der Waals surface area contributed by atoms with Crippen LogP contribution in [0.2, 0.25) is 0 Å². The average Bonchev–Trinajstić information content (AvgIpc) is 4.30. The Labute approximate surface area is 483 Å². The molecular formula is C74H59N4OPt-3. The predicted octanol–water partition coefficient (Wildman–Crippen LogP) is 18.0. The predicted molar refractivity (Wildman–Crippen MR) is 320 cm³/mol. The van der Waals surface area contributed by atoms with Gasteiger partial charge in [-0.3, -0.25) is 0 Å². The molecule has 6 aliphatic rings. The molecule has 4 fully saturated rings. The van der Waals surface area contributed by atoms with Gasteiger partial charge < -0.3 is 19.1 Å². The van der Waals surface area contributed by atoms with E-state index in [1.807, 2.05) is 12.1 Å². The molecule has 0 saturated heterocycles. The molecule has 0 radical (unpaired) electrons. The SMILES string of the molecule is Cc1cc(C2(c3ccnc(-n4c5[c-]c(Oc6[c-]c(N7[CH-]N(c8ccc9c(c8)C(c8ccccc8)(c8ccccc8)c8ccccc8-9)c8ccccc87)ccc6)ccc5c5ccccc54)c3)C3CC4CC(C3)CC2C4)cc(C)c1C.[Pt]. The van der Waals surface area contributed by atoms with E-state index < -0.39 is 5.41 Å². The molecule has 2 aromatic heterocycles. The minimum atomic E-state index is -0.505. The standard InChI is InChI=1S/C74H59N4O.Pt/c1-47-35-55(36-48(2)49(47)3)73(56-38-50-37-51(40-56)41-57(73)39-50)54-33-34-75-72(42-54)78-68-26-13-11-24-64(68)65-32-30-61(45-71(65)78)79-60-22-16-21-58(43-60)76-46-77(70-28-15-14-27-69(70)76)59-29-31-63-62-23-10-12-25-66(62)74(67(63)44-59,52-17-6-4-7-18-52)53-19-8-5-9-20-53;/h4-36,42,44,46,50-51,56-57H,37-41H2,1-3H3;/q-3;. The number of ether oxygens (including phenoxy) is 1. The second-order valence-corrected chi connectivity index (χ2v) is 23.4. The zero-order chi connectivity index (χ0) is 52.6. The van der Waals surface area contributed by atoms with Crippen LogP contribution in [0.15, 0.2) is 212 Å². The molecule has 0 atom stereocenters. The molecule has 17 rings (SSSR count). The molecule has 4 bridgehead atoms. The number of anilines is 4. The summed E-state index contributed by atoms with van der Waals surface area (Å²) >= 11 is 0. The quantitative estimate of drug-likeness (QED) is 0.135. The van der Waals surface area contributed by atoms with Crippen molar-refractivity contribution in [2.24, 2.45) is 23.7 Å². The molecule has 0 spiro atoms. The minimum Gasteiger partial charge on any atom is -0.509 e. The Bertz CT molecular complexity index is 4150. The summed E-state index contributed by atoms with van der Waals surface area (Å²) in [6.07, 6.45) is 8.75. The first-order chi connectivity index (χ1) is 38.8. The van der Waals surface area contributed by atoms with Crippen molar-refractivity contribution < 1.29 is 25.8 Å². The number of rotatable bonds is 9. The van der Waals surface area contributed by atoms with Crippen molar-refractivity contribution in [1.82, 2.24) is 9.55 Å². The van der Waals surface area contributed by atoms with Crippen LogP contribution in [0.3, 0.4) is 0 Å². The van der Waals surface area contributed by atoms with E-state index in [0.29, 0.717) is 23.3 Å². The molecule has 0 unspecified atom stereocenters. The Kier molecular flexibility index (Phi) is 11.5. The van der Waals surface area contributed by atoms with Crippen molar-refractivity contribution in [2.75, 3.05) is 9.80 Å². The van der Waals surface area contributed by atoms with Crippen LogP contribution in [0.1, 0.15) is 82.2 Å². The third kappa shape index (κ3) is 7.21. The van der Waals surface area contributed by atoms with Crippen LogP contribution < -0.4 is 14.5 Å². The van der Waals surface area contributed by atoms with Crippen LogP contribution in [-0.4, -0.2) is 9.55 Å². The Hall–Kier alpha value is -7.98. The van der Waals surface area contributed by atoms with Gasteiger partial charge in [-0.2, -0.15) is 12.1 Å². The normalized spacial score (nSPS) is 20.9. The minimum absolute atomic E-state index is 0. The summed E-state index contributed by atoms with van der Waals surface area (Å²) in [7, 11) is 0. The molecule has 3 heterocycles. The van der Waals surface area contributed by atoms with Crippen molar-refractivity contribution in [3.8, 4) is 28.4 Å². The topological polar surface area (TPSA) is 33.5 Å². The van der Waals surface area contributed by atoms with Gasteiger partial charge in [-0.05, 0) is 186 Å². The van der Waals surface area contributed by atoms with Crippen LogP contribution in [-0.2, 0) is 31.9 Å². The maximum Gasteiger partial charge on any atom is 0.135 e. The zero-order valence-corrected chi connectivity index (χ0v) is 47.4. The van der Waals surface area contributed by atoms with Gasteiger partial charge in [-0.1, -0.05) is 139 Å². The van der Waals surface area contributed by atoms with E-state index in [1.54, 1.807) is 0 Å². The maximum atomic E-state index is 6.85. The van der Waals surface area contributed by atoms with Gasteiger partial charge in [-0.15, -0.1) is 48.1 Å². The van der Waals surface area contributed by atoms with Gasteiger partial charge >= 0.3 is 0 Å². The fourth-order valence-electron chi connectivity index (χ4n) is 16.1. The number of para-hydroxylation sites is 3. The number of aromatic nitrogens is 2. The van der Waals surface area contributed by atoms with Crippen molar-refractivity contribution in [2.45, 2.75) is 63.7 Å². The van der Waals surface area contributed by atoms with E-state index in [-0.39, 0.29) is 26.5 Å². The number of benzene rings is 9. The Balaban J connectivity index is 0.00000552. The zero-order valence-electron chi connectivity index (χ0n) is 45.1. The van der Waals surface area contributed by atoms with Gasteiger partial charge in [0.05, 0.1) is 5.41 Å². The average molecular weight is 1220 g/mol. The Morgan fingerprint density at radius 2 is 1.15 bits per heavy atom. The summed E-state index contributed by atoms with van der Waals surface area (Å²) in [5.41, 5.74) is 20.3. The van der Waals surface area contributed by atoms with Gasteiger partial charge in [0, 0.05) is 66.8 Å². The fourth-order valence-corrected chi connectivity index (χ4v) is 16.1. The Morgan fingerprint density at radius 1 is 0.512 bits per heavy atom. The van der Waals surface area contributed by atoms with Gasteiger partial charge in [-0.25, -0.2) is 4.98 Å². The number of hydrogen-bond donors (Lipinski definition) is 0. The van der Waals surface area contributed by atoms with Crippen LogP contribution in [0, 0.1) is 63.2 Å². The second-order valence-electron chi connectivity index (χ2n) is 23.4. The largest absolute Gasteiger partial charge is 0.509 e. The summed E-state index contributed by atoms with van der Waals surface area (Å²) < 4.78 is 9.17. The molecule has 1 aliphatic heterocycles. The first kappa shape index (κ1) is 49.1. The van der Waals surface area contributed by atoms with Crippen LogP contribution in [0.5, 0.6) is 11.5 Å². The molecule has 5 aliphatic carbocycles. The summed E-state index contributed by atoms with van der Waals surface area (Å²) in [6.45, 7) is 9.10. The van der Waals surface area contributed by atoms with E-state index in [2.05, 4.69) is 254 Å². The van der Waals surface area contributed by atoms with Crippen molar-refractivity contribution in [3.05, 3.63) is 281 Å². The monoisotopic (exact) mass is 1210 g/mol. The molecule has 394 valence electrons. The molecule has 0 amide bonds. The number of hydrogen-bond acceptors (Lipinski definition) is 4. The van der Waals surface area contributed by atoms with Crippen molar-refractivity contribution >= 4 is 44.6 Å². The summed E-state index contributed by atoms with van der Waals surface area (Å²) in [6, 6.07) is 83.0. The van der Waals surface area contributed by atoms with E-state index in [1.165, 1.54) is 98.7 Å². The van der Waals surface area contributed by atoms with Gasteiger partial charge in [0.1, 0.15) is 5.82 Å². The molecular weight excluding hydrogens is 1160 g/mol. The number of nitrogens with zero attached hydrogens (tertiary/aromatic N) is 4. The second kappa shape index (κ2) is 18.8. The number of aryl methyl sites for hydroxylation is 2. The van der Waals surface area contributed by atoms with E-state index in [0.717, 1.165) is 56.8 Å². The molecule has 6 heteroatoms. The summed E-state index contributed by atoms with van der Waals surface area (Å²) in [4.78, 5) is 9.77. The fraction of sp³-hybridized carbons (Fsp3) is 0.189. The third-order valence-corrected chi connectivity index (χ3v) is 19.4. The van der Waals surface area contributed by atoms with E-state index in [9.17, 15) is 0 Å². The van der Waals surface area contributed by atoms with E-state index in [4.69, 9.17) is 9.72 Å². The molecule has 5 nitrogen and oxygen atoms in total. The van der Waals surface area contributed by atoms with Gasteiger partial charge in [0.25, 0.3) is 0 Å². The van der Waals surface area contributed by atoms with Crippen LogP contribution in [0.4, 0.5) is 22.7 Å². The molecule has 4 saturated carbocycles. The Morgan fingerprint density at radius 3 is 1.89 bits per heavy atom. The third-order valence-electron chi connectivity index (χ3n) is 19.4. The molecule has 11 aromatic rings. The molecule has 0 N–H and O–H groups in total. The van der Waals surface area contributed by atoms with Crippen LogP contribution in [0.25, 0.3) is 38.8 Å². The van der Waals surface area contributed by atoms with Crippen molar-refractivity contribution in [3.63, 3.8) is 0 Å². The van der Waals surface area contributed by atoms with E-state index >= 15 is 0 Å². The summed E-state index contributed by atoms with van der Waals surface area (Å²) in [5, 5.41) is 2.28. The smallest absolute Gasteiger partial charge is 0.135 e. The van der Waals surface area contributed by atoms with Crippen molar-refractivity contribution in [1.29, 1.82) is 0 Å². The first-order valence-electron chi connectivity index (χ1n) is 28.4. The molecule has 9 aromatic carbocycles. The number of fused-ring (bicyclic) bond motifs is 7. The van der Waals surface area contributed by atoms with Crippen LogP contribution >= 0.6 is 0 Å². The first-order valence-corrected chi connectivity index (χ1v) is 28.4.